The number of halogens is 1. The zero-order valence-corrected chi connectivity index (χ0v) is 9.65. The third kappa shape index (κ3) is 2.37. The lowest BCUT2D eigenvalue weighted by Gasteiger charge is -2.06. The van der Waals surface area contributed by atoms with Crippen LogP contribution in [0.5, 0.6) is 5.75 Å². The highest BCUT2D eigenvalue weighted by Crippen LogP contribution is 2.28. The second-order valence-electron chi connectivity index (χ2n) is 3.36. The molecular formula is C10H10INO2. The minimum absolute atomic E-state index is 0.342. The molecule has 0 aromatic heterocycles. The number of rotatable bonds is 3. The monoisotopic (exact) mass is 303 g/mol. The second-order valence-corrected chi connectivity index (χ2v) is 4.60. The average molecular weight is 303 g/mol. The quantitative estimate of drug-likeness (QED) is 0.868. The molecule has 0 spiro atoms. The van der Waals surface area contributed by atoms with Crippen molar-refractivity contribution in [2.24, 2.45) is 5.73 Å². The SMILES string of the molecule is NC(=O)c1cc(I)cc(OC2CC2)c1. The number of amides is 1. The fourth-order valence-corrected chi connectivity index (χ4v) is 1.79. The molecular weight excluding hydrogens is 293 g/mol. The van der Waals surface area contributed by atoms with Gasteiger partial charge in [-0.05, 0) is 53.6 Å². The number of nitrogens with two attached hydrogens (primary N) is 1. The van der Waals surface area contributed by atoms with E-state index in [1.54, 1.807) is 12.1 Å². The van der Waals surface area contributed by atoms with E-state index in [9.17, 15) is 4.79 Å². The topological polar surface area (TPSA) is 52.3 Å². The Bertz CT molecular complexity index is 374. The third-order valence-electron chi connectivity index (χ3n) is 1.98. The van der Waals surface area contributed by atoms with Gasteiger partial charge in [-0.15, -0.1) is 0 Å². The number of ether oxygens (including phenoxy) is 1. The molecule has 2 N–H and O–H groups in total. The molecule has 2 rings (SSSR count). The van der Waals surface area contributed by atoms with Crippen LogP contribution < -0.4 is 10.5 Å². The summed E-state index contributed by atoms with van der Waals surface area (Å²) in [5.41, 5.74) is 5.71. The lowest BCUT2D eigenvalue weighted by molar-refractivity contribution is 0.0999. The van der Waals surface area contributed by atoms with Crippen molar-refractivity contribution in [2.75, 3.05) is 0 Å². The maximum absolute atomic E-state index is 11.0. The maximum atomic E-state index is 11.0. The highest BCUT2D eigenvalue weighted by atomic mass is 127. The molecule has 0 bridgehead atoms. The van der Waals surface area contributed by atoms with Gasteiger partial charge < -0.3 is 10.5 Å². The lowest BCUT2D eigenvalue weighted by atomic mass is 10.2. The van der Waals surface area contributed by atoms with E-state index in [0.29, 0.717) is 11.7 Å². The zero-order chi connectivity index (χ0) is 10.1. The Morgan fingerprint density at radius 2 is 2.14 bits per heavy atom. The molecule has 4 heteroatoms. The molecule has 1 fully saturated rings. The number of benzene rings is 1. The summed E-state index contributed by atoms with van der Waals surface area (Å²) < 4.78 is 6.55. The minimum atomic E-state index is -0.413. The van der Waals surface area contributed by atoms with Gasteiger partial charge in [0.15, 0.2) is 0 Å². The van der Waals surface area contributed by atoms with Gasteiger partial charge in [-0.25, -0.2) is 0 Å². The third-order valence-corrected chi connectivity index (χ3v) is 2.61. The molecule has 1 aromatic carbocycles. The Balaban J connectivity index is 2.25. The smallest absolute Gasteiger partial charge is 0.248 e. The summed E-state index contributed by atoms with van der Waals surface area (Å²) in [5.74, 6) is 0.331. The van der Waals surface area contributed by atoms with Crippen LogP contribution in [-0.4, -0.2) is 12.0 Å². The van der Waals surface area contributed by atoms with Crippen molar-refractivity contribution in [2.45, 2.75) is 18.9 Å². The lowest BCUT2D eigenvalue weighted by Crippen LogP contribution is -2.11. The van der Waals surface area contributed by atoms with Crippen LogP contribution in [0, 0.1) is 3.57 Å². The molecule has 1 amide bonds. The van der Waals surface area contributed by atoms with Gasteiger partial charge in [-0.1, -0.05) is 0 Å². The number of carbonyl (C=O) groups is 1. The first kappa shape index (κ1) is 9.76. The summed E-state index contributed by atoms with van der Waals surface area (Å²) in [5, 5.41) is 0. The fraction of sp³-hybridized carbons (Fsp3) is 0.300. The van der Waals surface area contributed by atoms with E-state index in [2.05, 4.69) is 22.6 Å². The van der Waals surface area contributed by atoms with Crippen LogP contribution in [0.15, 0.2) is 18.2 Å². The maximum Gasteiger partial charge on any atom is 0.248 e. The van der Waals surface area contributed by atoms with Crippen molar-refractivity contribution in [1.82, 2.24) is 0 Å². The van der Waals surface area contributed by atoms with E-state index in [0.717, 1.165) is 22.2 Å². The molecule has 0 heterocycles. The number of primary amides is 1. The van der Waals surface area contributed by atoms with E-state index < -0.39 is 5.91 Å². The Morgan fingerprint density at radius 1 is 1.43 bits per heavy atom. The molecule has 1 aliphatic rings. The number of hydrogen-bond acceptors (Lipinski definition) is 2. The van der Waals surface area contributed by atoms with Gasteiger partial charge in [0.05, 0.1) is 6.10 Å². The predicted molar refractivity (Wildman–Crippen MR) is 61.3 cm³/mol. The van der Waals surface area contributed by atoms with Gasteiger partial charge in [-0.2, -0.15) is 0 Å². The van der Waals surface area contributed by atoms with Gasteiger partial charge in [-0.3, -0.25) is 4.79 Å². The van der Waals surface area contributed by atoms with Crippen LogP contribution in [0.4, 0.5) is 0 Å². The van der Waals surface area contributed by atoms with Crippen LogP contribution in [0.2, 0.25) is 0 Å². The molecule has 0 saturated heterocycles. The van der Waals surface area contributed by atoms with Gasteiger partial charge in [0.1, 0.15) is 5.75 Å². The number of hydrogen-bond donors (Lipinski definition) is 1. The van der Waals surface area contributed by atoms with Crippen molar-refractivity contribution in [3.05, 3.63) is 27.3 Å². The highest BCUT2D eigenvalue weighted by molar-refractivity contribution is 14.1. The van der Waals surface area contributed by atoms with E-state index in [-0.39, 0.29) is 0 Å². The van der Waals surface area contributed by atoms with Gasteiger partial charge in [0, 0.05) is 9.13 Å². The van der Waals surface area contributed by atoms with Crippen molar-refractivity contribution in [3.8, 4) is 5.75 Å². The molecule has 0 unspecified atom stereocenters. The molecule has 1 saturated carbocycles. The van der Waals surface area contributed by atoms with Crippen LogP contribution in [0.3, 0.4) is 0 Å². The van der Waals surface area contributed by atoms with Crippen LogP contribution >= 0.6 is 22.6 Å². The molecule has 3 nitrogen and oxygen atoms in total. The predicted octanol–water partition coefficient (Wildman–Crippen LogP) is 1.93. The first-order valence-electron chi connectivity index (χ1n) is 4.42. The Hall–Kier alpha value is -0.780. The minimum Gasteiger partial charge on any atom is -0.490 e. The first-order chi connectivity index (χ1) is 6.65. The normalized spacial score (nSPS) is 15.2. The van der Waals surface area contributed by atoms with Gasteiger partial charge >= 0.3 is 0 Å². The highest BCUT2D eigenvalue weighted by Gasteiger charge is 2.23. The standard InChI is InChI=1S/C10H10INO2/c11-7-3-6(10(12)13)4-9(5-7)14-8-1-2-8/h3-5,8H,1-2H2,(H2,12,13). The Kier molecular flexibility index (Phi) is 2.62. The largest absolute Gasteiger partial charge is 0.490 e. The van der Waals surface area contributed by atoms with Crippen molar-refractivity contribution < 1.29 is 9.53 Å². The zero-order valence-electron chi connectivity index (χ0n) is 7.50. The molecule has 14 heavy (non-hydrogen) atoms. The molecule has 1 aromatic rings. The van der Waals surface area contributed by atoms with E-state index in [1.165, 1.54) is 0 Å². The van der Waals surface area contributed by atoms with Gasteiger partial charge in [0.2, 0.25) is 5.91 Å². The molecule has 0 aliphatic heterocycles. The first-order valence-corrected chi connectivity index (χ1v) is 5.50. The van der Waals surface area contributed by atoms with Crippen molar-refractivity contribution in [3.63, 3.8) is 0 Å². The van der Waals surface area contributed by atoms with E-state index >= 15 is 0 Å². The molecule has 1 aliphatic carbocycles. The number of carbonyl (C=O) groups excluding carboxylic acids is 1. The summed E-state index contributed by atoms with van der Waals surface area (Å²) in [6.07, 6.45) is 2.56. The summed E-state index contributed by atoms with van der Waals surface area (Å²) >= 11 is 2.14. The second kappa shape index (κ2) is 3.76. The van der Waals surface area contributed by atoms with E-state index in [4.69, 9.17) is 10.5 Å². The summed E-state index contributed by atoms with van der Waals surface area (Å²) in [6, 6.07) is 5.36. The summed E-state index contributed by atoms with van der Waals surface area (Å²) in [6.45, 7) is 0. The summed E-state index contributed by atoms with van der Waals surface area (Å²) in [7, 11) is 0. The van der Waals surface area contributed by atoms with E-state index in [1.807, 2.05) is 6.07 Å². The molecule has 0 atom stereocenters. The average Bonchev–Trinajstić information content (AvgIpc) is 2.87. The Morgan fingerprint density at radius 3 is 2.71 bits per heavy atom. The molecule has 74 valence electrons. The summed E-state index contributed by atoms with van der Waals surface area (Å²) in [4.78, 5) is 11.0. The fourth-order valence-electron chi connectivity index (χ4n) is 1.15. The van der Waals surface area contributed by atoms with Crippen molar-refractivity contribution in [1.29, 1.82) is 0 Å². The van der Waals surface area contributed by atoms with Crippen molar-refractivity contribution >= 4 is 28.5 Å². The molecule has 0 radical (unpaired) electrons. The van der Waals surface area contributed by atoms with Crippen LogP contribution in [0.25, 0.3) is 0 Å². The van der Waals surface area contributed by atoms with Crippen LogP contribution in [0.1, 0.15) is 23.2 Å². The van der Waals surface area contributed by atoms with Crippen LogP contribution in [-0.2, 0) is 0 Å². The Labute approximate surface area is 95.8 Å². The van der Waals surface area contributed by atoms with Gasteiger partial charge in [0.25, 0.3) is 0 Å².